The fraction of sp³-hybridized carbons (Fsp3) is 0.167. The number of anilines is 3. The third-order valence-corrected chi connectivity index (χ3v) is 6.36. The van der Waals surface area contributed by atoms with Crippen LogP contribution in [0.25, 0.3) is 0 Å². The van der Waals surface area contributed by atoms with Crippen molar-refractivity contribution in [3.05, 3.63) is 57.6 Å². The second-order valence-corrected chi connectivity index (χ2v) is 8.74. The van der Waals surface area contributed by atoms with Crippen LogP contribution in [0.3, 0.4) is 0 Å². The summed E-state index contributed by atoms with van der Waals surface area (Å²) in [5, 5.41) is 15.7. The molecule has 0 saturated carbocycles. The molecule has 2 aromatic carbocycles. The monoisotopic (exact) mass is 438 g/mol. The lowest BCUT2D eigenvalue weighted by molar-refractivity contribution is -0.113. The van der Waals surface area contributed by atoms with Crippen molar-refractivity contribution >= 4 is 68.7 Å². The minimum Gasteiger partial charge on any atom is -0.330 e. The topological polar surface area (TPSA) is 66.9 Å². The first-order valence-electron chi connectivity index (χ1n) is 7.97. The van der Waals surface area contributed by atoms with E-state index in [0.29, 0.717) is 25.2 Å². The van der Waals surface area contributed by atoms with Crippen molar-refractivity contribution < 1.29 is 4.79 Å². The number of carbonyl (C=O) groups excluding carboxylic acids is 1. The van der Waals surface area contributed by atoms with E-state index >= 15 is 0 Å². The second kappa shape index (κ2) is 8.93. The first kappa shape index (κ1) is 19.9. The van der Waals surface area contributed by atoms with E-state index in [1.165, 1.54) is 28.7 Å². The summed E-state index contributed by atoms with van der Waals surface area (Å²) < 4.78 is 0.696. The van der Waals surface area contributed by atoms with Gasteiger partial charge in [0, 0.05) is 5.69 Å². The quantitative estimate of drug-likeness (QED) is 0.466. The van der Waals surface area contributed by atoms with Crippen molar-refractivity contribution in [1.82, 2.24) is 10.2 Å². The SMILES string of the molecule is Cc1ccc(Nc2nnc(SCC(=O)Nc3c(Cl)ccc(C)c3Cl)s2)cc1. The number of amides is 1. The Morgan fingerprint density at radius 2 is 1.85 bits per heavy atom. The lowest BCUT2D eigenvalue weighted by Gasteiger charge is -2.10. The van der Waals surface area contributed by atoms with Crippen LogP contribution < -0.4 is 10.6 Å². The Morgan fingerprint density at radius 3 is 2.59 bits per heavy atom. The van der Waals surface area contributed by atoms with Crippen LogP contribution in [0.5, 0.6) is 0 Å². The van der Waals surface area contributed by atoms with E-state index in [0.717, 1.165) is 11.3 Å². The van der Waals surface area contributed by atoms with Gasteiger partial charge in [0.05, 0.1) is 21.5 Å². The van der Waals surface area contributed by atoms with E-state index < -0.39 is 0 Å². The summed E-state index contributed by atoms with van der Waals surface area (Å²) in [5.41, 5.74) is 3.41. The minimum absolute atomic E-state index is 0.180. The average Bonchev–Trinajstić information content (AvgIpc) is 3.10. The summed E-state index contributed by atoms with van der Waals surface area (Å²) in [6.45, 7) is 3.89. The zero-order valence-corrected chi connectivity index (χ0v) is 17.7. The predicted molar refractivity (Wildman–Crippen MR) is 115 cm³/mol. The highest BCUT2D eigenvalue weighted by molar-refractivity contribution is 8.01. The number of hydrogen-bond donors (Lipinski definition) is 2. The van der Waals surface area contributed by atoms with E-state index in [-0.39, 0.29) is 11.7 Å². The van der Waals surface area contributed by atoms with Crippen LogP contribution in [0, 0.1) is 13.8 Å². The summed E-state index contributed by atoms with van der Waals surface area (Å²) in [4.78, 5) is 12.2. The molecule has 27 heavy (non-hydrogen) atoms. The molecule has 0 aliphatic carbocycles. The molecule has 3 aromatic rings. The van der Waals surface area contributed by atoms with Gasteiger partial charge in [-0.05, 0) is 37.6 Å². The molecule has 9 heteroatoms. The van der Waals surface area contributed by atoms with E-state index in [1.54, 1.807) is 12.1 Å². The van der Waals surface area contributed by atoms with Gasteiger partial charge in [-0.3, -0.25) is 4.79 Å². The van der Waals surface area contributed by atoms with Crippen LogP contribution in [0.4, 0.5) is 16.5 Å². The Hall–Kier alpha value is -1.80. The second-order valence-electron chi connectivity index (χ2n) is 5.75. The van der Waals surface area contributed by atoms with E-state index in [4.69, 9.17) is 23.2 Å². The summed E-state index contributed by atoms with van der Waals surface area (Å²) in [6.07, 6.45) is 0. The maximum Gasteiger partial charge on any atom is 0.234 e. The molecule has 140 valence electrons. The smallest absolute Gasteiger partial charge is 0.234 e. The molecular weight excluding hydrogens is 423 g/mol. The summed E-state index contributed by atoms with van der Waals surface area (Å²) in [6, 6.07) is 11.5. The fourth-order valence-electron chi connectivity index (χ4n) is 2.15. The Kier molecular flexibility index (Phi) is 6.59. The van der Waals surface area contributed by atoms with Crippen molar-refractivity contribution in [2.45, 2.75) is 18.2 Å². The zero-order valence-electron chi connectivity index (χ0n) is 14.5. The molecule has 2 N–H and O–H groups in total. The number of benzene rings is 2. The van der Waals surface area contributed by atoms with Gasteiger partial charge in [-0.2, -0.15) is 0 Å². The number of halogens is 2. The first-order chi connectivity index (χ1) is 12.9. The Balaban J connectivity index is 1.56. The number of thioether (sulfide) groups is 1. The van der Waals surface area contributed by atoms with Crippen LogP contribution in [0.15, 0.2) is 40.7 Å². The molecule has 5 nitrogen and oxygen atoms in total. The Labute approximate surface area is 175 Å². The molecule has 0 saturated heterocycles. The molecule has 3 rings (SSSR count). The van der Waals surface area contributed by atoms with E-state index in [1.807, 2.05) is 38.1 Å². The minimum atomic E-state index is -0.211. The predicted octanol–water partition coefficient (Wildman–Crippen LogP) is 5.94. The Bertz CT molecular complexity index is 960. The van der Waals surface area contributed by atoms with Crippen LogP contribution >= 0.6 is 46.3 Å². The summed E-state index contributed by atoms with van der Waals surface area (Å²) >= 11 is 15.0. The van der Waals surface area contributed by atoms with Gasteiger partial charge in [0.1, 0.15) is 0 Å². The average molecular weight is 439 g/mol. The maximum atomic E-state index is 12.2. The van der Waals surface area contributed by atoms with E-state index in [9.17, 15) is 4.79 Å². The maximum absolute atomic E-state index is 12.2. The van der Waals surface area contributed by atoms with Crippen LogP contribution in [0.2, 0.25) is 10.0 Å². The number of aromatic nitrogens is 2. The number of nitrogens with zero attached hydrogens (tertiary/aromatic N) is 2. The first-order valence-corrected chi connectivity index (χ1v) is 10.5. The lowest BCUT2D eigenvalue weighted by atomic mass is 10.2. The number of nitrogens with one attached hydrogen (secondary N) is 2. The van der Waals surface area contributed by atoms with E-state index in [2.05, 4.69) is 20.8 Å². The van der Waals surface area contributed by atoms with Crippen molar-refractivity contribution in [2.75, 3.05) is 16.4 Å². The normalized spacial score (nSPS) is 10.7. The molecule has 0 unspecified atom stereocenters. The van der Waals surface area contributed by atoms with Gasteiger partial charge in [0.25, 0.3) is 0 Å². The molecule has 1 amide bonds. The van der Waals surface area contributed by atoms with Gasteiger partial charge in [-0.15, -0.1) is 10.2 Å². The molecule has 0 fully saturated rings. The molecule has 0 radical (unpaired) electrons. The lowest BCUT2D eigenvalue weighted by Crippen LogP contribution is -2.14. The molecule has 1 heterocycles. The van der Waals surface area contributed by atoms with Crippen LogP contribution in [-0.2, 0) is 4.79 Å². The van der Waals surface area contributed by atoms with Gasteiger partial charge in [0.2, 0.25) is 11.0 Å². The van der Waals surface area contributed by atoms with Gasteiger partial charge in [0.15, 0.2) is 4.34 Å². The van der Waals surface area contributed by atoms with Crippen LogP contribution in [-0.4, -0.2) is 21.9 Å². The van der Waals surface area contributed by atoms with Gasteiger partial charge < -0.3 is 10.6 Å². The number of rotatable bonds is 6. The summed E-state index contributed by atoms with van der Waals surface area (Å²) in [7, 11) is 0. The van der Waals surface area contributed by atoms with Crippen LogP contribution in [0.1, 0.15) is 11.1 Å². The molecule has 0 aliphatic heterocycles. The highest BCUT2D eigenvalue weighted by Crippen LogP contribution is 2.33. The van der Waals surface area contributed by atoms with Gasteiger partial charge >= 0.3 is 0 Å². The third-order valence-electron chi connectivity index (χ3n) is 3.58. The standard InChI is InChI=1S/C18H16Cl2N4OS2/c1-10-3-6-12(7-4-10)21-17-23-24-18(27-17)26-9-14(25)22-16-13(19)8-5-11(2)15(16)20/h3-8H,9H2,1-2H3,(H,21,23)(H,22,25). The zero-order chi connectivity index (χ0) is 19.4. The third kappa shape index (κ3) is 5.35. The Morgan fingerprint density at radius 1 is 1.11 bits per heavy atom. The van der Waals surface area contributed by atoms with Crippen molar-refractivity contribution in [2.24, 2.45) is 0 Å². The molecule has 0 aliphatic rings. The fourth-order valence-corrected chi connectivity index (χ4v) is 4.19. The molecule has 0 atom stereocenters. The number of hydrogen-bond acceptors (Lipinski definition) is 6. The molecule has 0 bridgehead atoms. The summed E-state index contributed by atoms with van der Waals surface area (Å²) in [5.74, 6) is -0.0302. The number of carbonyl (C=O) groups is 1. The van der Waals surface area contributed by atoms with Crippen molar-refractivity contribution in [3.63, 3.8) is 0 Å². The van der Waals surface area contributed by atoms with Crippen molar-refractivity contribution in [1.29, 1.82) is 0 Å². The largest absolute Gasteiger partial charge is 0.330 e. The van der Waals surface area contributed by atoms with Gasteiger partial charge in [-0.1, -0.05) is 70.1 Å². The number of aryl methyl sites for hydroxylation is 2. The molecule has 1 aromatic heterocycles. The highest BCUT2D eigenvalue weighted by Gasteiger charge is 2.13. The van der Waals surface area contributed by atoms with Gasteiger partial charge in [-0.25, -0.2) is 0 Å². The molecular formula is C18H16Cl2N4OS2. The highest BCUT2D eigenvalue weighted by atomic mass is 35.5. The van der Waals surface area contributed by atoms with Crippen molar-refractivity contribution in [3.8, 4) is 0 Å². The molecule has 0 spiro atoms.